The zero-order valence-corrected chi connectivity index (χ0v) is 8.17. The molecule has 3 atom stereocenters. The van der Waals surface area contributed by atoms with Crippen LogP contribution in [0.25, 0.3) is 0 Å². The van der Waals surface area contributed by atoms with Gasteiger partial charge in [0.05, 0.1) is 5.92 Å². The SMILES string of the molecule is CCC[C@@H]1OC(=O)[C@H](C)C[C@H]1C. The van der Waals surface area contributed by atoms with Crippen molar-refractivity contribution < 1.29 is 9.53 Å². The summed E-state index contributed by atoms with van der Waals surface area (Å²) in [6, 6.07) is 0. The number of hydrogen-bond donors (Lipinski definition) is 0. The quantitative estimate of drug-likeness (QED) is 0.595. The van der Waals surface area contributed by atoms with Crippen LogP contribution in [0.4, 0.5) is 0 Å². The minimum atomic E-state index is -0.00782. The van der Waals surface area contributed by atoms with Crippen molar-refractivity contribution in [2.45, 2.75) is 46.1 Å². The van der Waals surface area contributed by atoms with Crippen LogP contribution in [0.2, 0.25) is 0 Å². The van der Waals surface area contributed by atoms with Crippen LogP contribution in [-0.2, 0) is 9.53 Å². The van der Waals surface area contributed by atoms with Gasteiger partial charge in [-0.15, -0.1) is 0 Å². The van der Waals surface area contributed by atoms with E-state index in [0.29, 0.717) is 5.92 Å². The summed E-state index contributed by atoms with van der Waals surface area (Å²) in [4.78, 5) is 11.2. The number of ether oxygens (including phenoxy) is 1. The Morgan fingerprint density at radius 1 is 1.50 bits per heavy atom. The molecule has 0 N–H and O–H groups in total. The first-order valence-electron chi connectivity index (χ1n) is 4.85. The second-order valence-corrected chi connectivity index (χ2v) is 3.88. The summed E-state index contributed by atoms with van der Waals surface area (Å²) >= 11 is 0. The zero-order valence-electron chi connectivity index (χ0n) is 8.17. The van der Waals surface area contributed by atoms with E-state index in [2.05, 4.69) is 13.8 Å². The van der Waals surface area contributed by atoms with Gasteiger partial charge in [-0.3, -0.25) is 4.79 Å². The van der Waals surface area contributed by atoms with E-state index in [1.54, 1.807) is 0 Å². The molecule has 2 heteroatoms. The predicted octanol–water partition coefficient (Wildman–Crippen LogP) is 2.37. The number of hydrogen-bond acceptors (Lipinski definition) is 2. The monoisotopic (exact) mass is 170 g/mol. The van der Waals surface area contributed by atoms with Gasteiger partial charge in [-0.05, 0) is 18.8 Å². The lowest BCUT2D eigenvalue weighted by Gasteiger charge is -2.31. The molecule has 70 valence electrons. The zero-order chi connectivity index (χ0) is 9.14. The van der Waals surface area contributed by atoms with Crippen LogP contribution < -0.4 is 0 Å². The summed E-state index contributed by atoms with van der Waals surface area (Å²) in [5.41, 5.74) is 0. The molecule has 0 amide bonds. The molecule has 1 heterocycles. The molecule has 12 heavy (non-hydrogen) atoms. The average molecular weight is 170 g/mol. The van der Waals surface area contributed by atoms with Crippen LogP contribution in [0.15, 0.2) is 0 Å². The Labute approximate surface area is 74.3 Å². The van der Waals surface area contributed by atoms with Gasteiger partial charge in [-0.25, -0.2) is 0 Å². The maximum Gasteiger partial charge on any atom is 0.308 e. The Morgan fingerprint density at radius 3 is 2.75 bits per heavy atom. The largest absolute Gasteiger partial charge is 0.462 e. The van der Waals surface area contributed by atoms with Gasteiger partial charge in [0.2, 0.25) is 0 Å². The maximum atomic E-state index is 11.2. The molecule has 0 spiro atoms. The third kappa shape index (κ3) is 1.99. The smallest absolute Gasteiger partial charge is 0.308 e. The topological polar surface area (TPSA) is 26.3 Å². The molecule has 0 bridgehead atoms. The van der Waals surface area contributed by atoms with Crippen LogP contribution in [0.5, 0.6) is 0 Å². The van der Waals surface area contributed by atoms with Crippen molar-refractivity contribution in [2.75, 3.05) is 0 Å². The second kappa shape index (κ2) is 3.92. The Kier molecular flexibility index (Phi) is 3.12. The third-order valence-electron chi connectivity index (χ3n) is 2.60. The summed E-state index contributed by atoms with van der Waals surface area (Å²) in [7, 11) is 0. The highest BCUT2D eigenvalue weighted by Crippen LogP contribution is 2.27. The van der Waals surface area contributed by atoms with Crippen molar-refractivity contribution in [3.8, 4) is 0 Å². The molecular formula is C10H18O2. The van der Waals surface area contributed by atoms with Crippen molar-refractivity contribution >= 4 is 5.97 Å². The molecule has 1 aliphatic heterocycles. The molecule has 0 radical (unpaired) electrons. The van der Waals surface area contributed by atoms with Crippen LogP contribution in [0.3, 0.4) is 0 Å². The standard InChI is InChI=1S/C10H18O2/c1-4-5-9-7(2)6-8(3)10(11)12-9/h7-9H,4-6H2,1-3H3/t7-,8-,9+/m1/s1. The Hall–Kier alpha value is -0.530. The molecular weight excluding hydrogens is 152 g/mol. The predicted molar refractivity (Wildman–Crippen MR) is 47.7 cm³/mol. The molecule has 0 aromatic rings. The average Bonchev–Trinajstić information content (AvgIpc) is 2.01. The minimum Gasteiger partial charge on any atom is -0.462 e. The lowest BCUT2D eigenvalue weighted by molar-refractivity contribution is -0.164. The molecule has 1 fully saturated rings. The van der Waals surface area contributed by atoms with E-state index in [1.807, 2.05) is 6.92 Å². The highest BCUT2D eigenvalue weighted by molar-refractivity contribution is 5.72. The Bertz CT molecular complexity index is 165. The van der Waals surface area contributed by atoms with Gasteiger partial charge in [0.15, 0.2) is 0 Å². The van der Waals surface area contributed by atoms with E-state index in [9.17, 15) is 4.79 Å². The van der Waals surface area contributed by atoms with E-state index in [4.69, 9.17) is 4.74 Å². The normalized spacial score (nSPS) is 36.2. The van der Waals surface area contributed by atoms with Gasteiger partial charge >= 0.3 is 5.97 Å². The first-order valence-corrected chi connectivity index (χ1v) is 4.85. The number of carbonyl (C=O) groups is 1. The molecule has 1 saturated heterocycles. The van der Waals surface area contributed by atoms with Crippen molar-refractivity contribution in [3.05, 3.63) is 0 Å². The van der Waals surface area contributed by atoms with Crippen molar-refractivity contribution in [1.29, 1.82) is 0 Å². The highest BCUT2D eigenvalue weighted by Gasteiger charge is 2.31. The minimum absolute atomic E-state index is 0.00782. The Balaban J connectivity index is 2.49. The van der Waals surface area contributed by atoms with Gasteiger partial charge in [-0.1, -0.05) is 27.2 Å². The summed E-state index contributed by atoms with van der Waals surface area (Å²) in [5.74, 6) is 0.636. The van der Waals surface area contributed by atoms with Crippen LogP contribution in [0.1, 0.15) is 40.0 Å². The molecule has 0 aromatic carbocycles. The van der Waals surface area contributed by atoms with Gasteiger partial charge in [0, 0.05) is 0 Å². The number of carbonyl (C=O) groups excluding carboxylic acids is 1. The maximum absolute atomic E-state index is 11.2. The fraction of sp³-hybridized carbons (Fsp3) is 0.900. The molecule has 1 aliphatic rings. The molecule has 1 rings (SSSR count). The fourth-order valence-electron chi connectivity index (χ4n) is 1.82. The lowest BCUT2D eigenvalue weighted by atomic mass is 9.88. The summed E-state index contributed by atoms with van der Waals surface area (Å²) in [6.07, 6.45) is 3.28. The van der Waals surface area contributed by atoms with Crippen molar-refractivity contribution in [3.63, 3.8) is 0 Å². The summed E-state index contributed by atoms with van der Waals surface area (Å²) in [6.45, 7) is 6.24. The number of esters is 1. The number of cyclic esters (lactones) is 1. The highest BCUT2D eigenvalue weighted by atomic mass is 16.5. The molecule has 0 saturated carbocycles. The van der Waals surface area contributed by atoms with Crippen LogP contribution in [-0.4, -0.2) is 12.1 Å². The first kappa shape index (κ1) is 9.56. The van der Waals surface area contributed by atoms with E-state index < -0.39 is 0 Å². The Morgan fingerprint density at radius 2 is 2.17 bits per heavy atom. The third-order valence-corrected chi connectivity index (χ3v) is 2.60. The second-order valence-electron chi connectivity index (χ2n) is 3.88. The van der Waals surface area contributed by atoms with E-state index in [0.717, 1.165) is 19.3 Å². The van der Waals surface area contributed by atoms with Gasteiger partial charge in [0.25, 0.3) is 0 Å². The van der Waals surface area contributed by atoms with E-state index in [-0.39, 0.29) is 18.0 Å². The lowest BCUT2D eigenvalue weighted by Crippen LogP contribution is -2.35. The number of rotatable bonds is 2. The van der Waals surface area contributed by atoms with Gasteiger partial charge in [-0.2, -0.15) is 0 Å². The van der Waals surface area contributed by atoms with E-state index >= 15 is 0 Å². The van der Waals surface area contributed by atoms with Gasteiger partial charge < -0.3 is 4.74 Å². The van der Waals surface area contributed by atoms with Gasteiger partial charge in [0.1, 0.15) is 6.10 Å². The summed E-state index contributed by atoms with van der Waals surface area (Å²) in [5, 5.41) is 0. The van der Waals surface area contributed by atoms with Crippen molar-refractivity contribution in [1.82, 2.24) is 0 Å². The summed E-state index contributed by atoms with van der Waals surface area (Å²) < 4.78 is 5.31. The molecule has 2 nitrogen and oxygen atoms in total. The first-order chi connectivity index (χ1) is 5.65. The van der Waals surface area contributed by atoms with Crippen LogP contribution >= 0.6 is 0 Å². The molecule has 0 aromatic heterocycles. The molecule has 0 unspecified atom stereocenters. The van der Waals surface area contributed by atoms with E-state index in [1.165, 1.54) is 0 Å². The van der Waals surface area contributed by atoms with Crippen LogP contribution in [0, 0.1) is 11.8 Å². The fourth-order valence-corrected chi connectivity index (χ4v) is 1.82. The van der Waals surface area contributed by atoms with Crippen molar-refractivity contribution in [2.24, 2.45) is 11.8 Å². The molecule has 0 aliphatic carbocycles.